The second-order valence-corrected chi connectivity index (χ2v) is 3.11. The molecule has 74 valence electrons. The highest BCUT2D eigenvalue weighted by Crippen LogP contribution is 2.25. The van der Waals surface area contributed by atoms with E-state index in [4.69, 9.17) is 4.74 Å². The number of benzene rings is 1. The summed E-state index contributed by atoms with van der Waals surface area (Å²) in [6.45, 7) is 0.958. The van der Waals surface area contributed by atoms with Gasteiger partial charge in [0.05, 0.1) is 6.61 Å². The molecule has 1 atom stereocenters. The summed E-state index contributed by atoms with van der Waals surface area (Å²) in [4.78, 5) is 10.9. The average Bonchev–Trinajstić information content (AvgIpc) is 2.68. The SMILES string of the molecule is O=CC1(c2ccccc2F)NCCO1. The Morgan fingerprint density at radius 1 is 1.50 bits per heavy atom. The predicted molar refractivity (Wildman–Crippen MR) is 48.1 cm³/mol. The number of rotatable bonds is 2. The summed E-state index contributed by atoms with van der Waals surface area (Å²) in [5.74, 6) is -0.436. The molecule has 1 heterocycles. The Labute approximate surface area is 80.9 Å². The van der Waals surface area contributed by atoms with Crippen molar-refractivity contribution in [2.24, 2.45) is 0 Å². The van der Waals surface area contributed by atoms with Gasteiger partial charge >= 0.3 is 0 Å². The fourth-order valence-corrected chi connectivity index (χ4v) is 1.57. The lowest BCUT2D eigenvalue weighted by Gasteiger charge is -2.22. The van der Waals surface area contributed by atoms with Crippen molar-refractivity contribution in [2.75, 3.05) is 13.2 Å². The molecule has 0 aliphatic carbocycles. The summed E-state index contributed by atoms with van der Waals surface area (Å²) in [7, 11) is 0. The first kappa shape index (κ1) is 9.30. The summed E-state index contributed by atoms with van der Waals surface area (Å²) in [5.41, 5.74) is -1.04. The Hall–Kier alpha value is -1.26. The van der Waals surface area contributed by atoms with E-state index in [1.807, 2.05) is 0 Å². The van der Waals surface area contributed by atoms with E-state index in [0.29, 0.717) is 19.4 Å². The second kappa shape index (κ2) is 3.48. The van der Waals surface area contributed by atoms with Crippen LogP contribution in [0, 0.1) is 5.82 Å². The van der Waals surface area contributed by atoms with Gasteiger partial charge in [-0.2, -0.15) is 0 Å². The van der Waals surface area contributed by atoms with Crippen molar-refractivity contribution in [1.29, 1.82) is 0 Å². The molecule has 0 saturated carbocycles. The van der Waals surface area contributed by atoms with Crippen LogP contribution in [-0.4, -0.2) is 19.4 Å². The summed E-state index contributed by atoms with van der Waals surface area (Å²) in [6.07, 6.45) is 0.596. The van der Waals surface area contributed by atoms with Crippen LogP contribution < -0.4 is 5.32 Å². The maximum absolute atomic E-state index is 13.4. The molecule has 0 aromatic heterocycles. The number of aldehydes is 1. The van der Waals surface area contributed by atoms with Gasteiger partial charge in [-0.3, -0.25) is 10.1 Å². The highest BCUT2D eigenvalue weighted by molar-refractivity contribution is 5.66. The van der Waals surface area contributed by atoms with E-state index in [1.54, 1.807) is 18.2 Å². The molecule has 1 N–H and O–H groups in total. The summed E-state index contributed by atoms with van der Waals surface area (Å²) < 4.78 is 18.6. The number of halogens is 1. The topological polar surface area (TPSA) is 38.3 Å². The molecule has 4 heteroatoms. The first-order valence-corrected chi connectivity index (χ1v) is 4.39. The lowest BCUT2D eigenvalue weighted by atomic mass is 10.0. The average molecular weight is 195 g/mol. The number of carbonyl (C=O) groups is 1. The fourth-order valence-electron chi connectivity index (χ4n) is 1.57. The summed E-state index contributed by atoms with van der Waals surface area (Å²) in [5, 5.41) is 2.85. The highest BCUT2D eigenvalue weighted by atomic mass is 19.1. The molecule has 1 aromatic carbocycles. The highest BCUT2D eigenvalue weighted by Gasteiger charge is 2.38. The molecule has 2 rings (SSSR count). The van der Waals surface area contributed by atoms with Crippen LogP contribution in [0.4, 0.5) is 4.39 Å². The molecular formula is C10H10FNO2. The molecule has 1 fully saturated rings. The van der Waals surface area contributed by atoms with Crippen molar-refractivity contribution in [1.82, 2.24) is 5.32 Å². The predicted octanol–water partition coefficient (Wildman–Crippen LogP) is 0.797. The van der Waals surface area contributed by atoms with E-state index in [2.05, 4.69) is 5.32 Å². The van der Waals surface area contributed by atoms with Crippen LogP contribution in [0.25, 0.3) is 0 Å². The lowest BCUT2D eigenvalue weighted by Crippen LogP contribution is -2.40. The number of hydrogen-bond donors (Lipinski definition) is 1. The number of ether oxygens (including phenoxy) is 1. The molecule has 1 unspecified atom stereocenters. The van der Waals surface area contributed by atoms with Crippen molar-refractivity contribution < 1.29 is 13.9 Å². The maximum atomic E-state index is 13.4. The van der Waals surface area contributed by atoms with Crippen molar-refractivity contribution in [3.63, 3.8) is 0 Å². The van der Waals surface area contributed by atoms with Crippen molar-refractivity contribution >= 4 is 6.29 Å². The molecule has 0 amide bonds. The molecule has 14 heavy (non-hydrogen) atoms. The van der Waals surface area contributed by atoms with E-state index in [1.165, 1.54) is 6.07 Å². The zero-order chi connectivity index (χ0) is 10.0. The van der Waals surface area contributed by atoms with E-state index >= 15 is 0 Å². The Kier molecular flexibility index (Phi) is 2.31. The minimum atomic E-state index is -1.29. The van der Waals surface area contributed by atoms with Gasteiger partial charge in [0.25, 0.3) is 0 Å². The molecule has 1 aliphatic rings. The zero-order valence-corrected chi connectivity index (χ0v) is 7.50. The fraction of sp³-hybridized carbons (Fsp3) is 0.300. The minimum Gasteiger partial charge on any atom is -0.348 e. The smallest absolute Gasteiger partial charge is 0.204 e. The first-order valence-electron chi connectivity index (χ1n) is 4.39. The molecule has 1 saturated heterocycles. The normalized spacial score (nSPS) is 26.4. The summed E-state index contributed by atoms with van der Waals surface area (Å²) >= 11 is 0. The van der Waals surface area contributed by atoms with E-state index < -0.39 is 11.5 Å². The number of hydrogen-bond acceptors (Lipinski definition) is 3. The third-order valence-corrected chi connectivity index (χ3v) is 2.26. The number of carbonyl (C=O) groups excluding carboxylic acids is 1. The van der Waals surface area contributed by atoms with Gasteiger partial charge in [0.2, 0.25) is 5.72 Å². The van der Waals surface area contributed by atoms with Crippen molar-refractivity contribution in [2.45, 2.75) is 5.72 Å². The minimum absolute atomic E-state index is 0.243. The molecule has 1 aliphatic heterocycles. The van der Waals surface area contributed by atoms with Gasteiger partial charge in [0.1, 0.15) is 5.82 Å². The molecular weight excluding hydrogens is 185 g/mol. The Morgan fingerprint density at radius 3 is 2.86 bits per heavy atom. The van der Waals surface area contributed by atoms with Gasteiger partial charge in [0.15, 0.2) is 6.29 Å². The van der Waals surface area contributed by atoms with E-state index in [9.17, 15) is 9.18 Å². The molecule has 0 radical (unpaired) electrons. The monoisotopic (exact) mass is 195 g/mol. The standard InChI is InChI=1S/C10H10FNO2/c11-9-4-2-1-3-8(9)10(7-13)12-5-6-14-10/h1-4,7,12H,5-6H2. The molecule has 1 aromatic rings. The van der Waals surface area contributed by atoms with Crippen molar-refractivity contribution in [3.8, 4) is 0 Å². The van der Waals surface area contributed by atoms with Crippen LogP contribution >= 0.6 is 0 Å². The largest absolute Gasteiger partial charge is 0.348 e. The van der Waals surface area contributed by atoms with Crippen molar-refractivity contribution in [3.05, 3.63) is 35.6 Å². The van der Waals surface area contributed by atoms with Crippen LogP contribution in [0.5, 0.6) is 0 Å². The van der Waals surface area contributed by atoms with Gasteiger partial charge in [-0.25, -0.2) is 4.39 Å². The van der Waals surface area contributed by atoms with Crippen LogP contribution in [0.15, 0.2) is 24.3 Å². The maximum Gasteiger partial charge on any atom is 0.204 e. The van der Waals surface area contributed by atoms with E-state index in [-0.39, 0.29) is 5.56 Å². The van der Waals surface area contributed by atoms with Gasteiger partial charge in [-0.05, 0) is 6.07 Å². The van der Waals surface area contributed by atoms with Crippen LogP contribution in [0.3, 0.4) is 0 Å². The molecule has 3 nitrogen and oxygen atoms in total. The van der Waals surface area contributed by atoms with Crippen LogP contribution in [0.2, 0.25) is 0 Å². The summed E-state index contributed by atoms with van der Waals surface area (Å²) in [6, 6.07) is 6.10. The first-order chi connectivity index (χ1) is 6.78. The van der Waals surface area contributed by atoms with Crippen LogP contribution in [-0.2, 0) is 15.3 Å². The zero-order valence-electron chi connectivity index (χ0n) is 7.50. The van der Waals surface area contributed by atoms with Gasteiger partial charge in [-0.15, -0.1) is 0 Å². The number of nitrogens with one attached hydrogen (secondary N) is 1. The van der Waals surface area contributed by atoms with Crippen LogP contribution in [0.1, 0.15) is 5.56 Å². The quantitative estimate of drug-likeness (QED) is 0.709. The third kappa shape index (κ3) is 1.32. The Balaban J connectivity index is 2.46. The molecule has 0 spiro atoms. The van der Waals surface area contributed by atoms with Gasteiger partial charge in [0, 0.05) is 12.1 Å². The Bertz CT molecular complexity index is 348. The van der Waals surface area contributed by atoms with E-state index in [0.717, 1.165) is 0 Å². The van der Waals surface area contributed by atoms with Gasteiger partial charge < -0.3 is 4.74 Å². The Morgan fingerprint density at radius 2 is 2.29 bits per heavy atom. The second-order valence-electron chi connectivity index (χ2n) is 3.11. The van der Waals surface area contributed by atoms with Gasteiger partial charge in [-0.1, -0.05) is 18.2 Å². The lowest BCUT2D eigenvalue weighted by molar-refractivity contribution is -0.129. The molecule has 0 bridgehead atoms. The third-order valence-electron chi connectivity index (χ3n) is 2.26.